The van der Waals surface area contributed by atoms with E-state index in [-0.39, 0.29) is 11.5 Å². The van der Waals surface area contributed by atoms with Crippen LogP contribution in [0.25, 0.3) is 0 Å². The second kappa shape index (κ2) is 6.52. The summed E-state index contributed by atoms with van der Waals surface area (Å²) < 4.78 is 40.0. The molecule has 0 amide bonds. The lowest BCUT2D eigenvalue weighted by Crippen LogP contribution is -2.25. The summed E-state index contributed by atoms with van der Waals surface area (Å²) in [5, 5.41) is 9.21. The monoisotopic (exact) mass is 343 g/mol. The van der Waals surface area contributed by atoms with Gasteiger partial charge in [-0.15, -0.1) is 0 Å². The highest BCUT2D eigenvalue weighted by molar-refractivity contribution is 6.14. The van der Waals surface area contributed by atoms with E-state index in [0.29, 0.717) is 18.1 Å². The Hall–Kier alpha value is -2.94. The van der Waals surface area contributed by atoms with E-state index in [1.54, 1.807) is 18.2 Å². The largest absolute Gasteiger partial charge is 0.297 e. The molecule has 2 aromatic carbocycles. The maximum absolute atomic E-state index is 13.8. The number of nitrogens with zero attached hydrogens (tertiary/aromatic N) is 1. The van der Waals surface area contributed by atoms with Crippen molar-refractivity contribution in [1.82, 2.24) is 0 Å². The number of ketones is 2. The summed E-state index contributed by atoms with van der Waals surface area (Å²) in [7, 11) is 0. The van der Waals surface area contributed by atoms with E-state index in [2.05, 4.69) is 0 Å². The molecule has 0 spiro atoms. The van der Waals surface area contributed by atoms with E-state index < -0.39 is 40.9 Å². The number of nitriles is 1. The second-order valence-corrected chi connectivity index (χ2v) is 5.93. The average molecular weight is 343 g/mol. The van der Waals surface area contributed by atoms with Crippen LogP contribution in [-0.2, 0) is 4.79 Å². The molecule has 6 heteroatoms. The maximum Gasteiger partial charge on any atom is 0.187 e. The predicted octanol–water partition coefficient (Wildman–Crippen LogP) is 3.80. The van der Waals surface area contributed by atoms with Crippen molar-refractivity contribution in [3.8, 4) is 6.07 Å². The molecule has 0 saturated heterocycles. The first kappa shape index (κ1) is 16.9. The van der Waals surface area contributed by atoms with E-state index in [9.17, 15) is 28.0 Å². The van der Waals surface area contributed by atoms with Crippen LogP contribution in [-0.4, -0.2) is 11.6 Å². The van der Waals surface area contributed by atoms with Crippen molar-refractivity contribution < 1.29 is 22.8 Å². The molecule has 1 aliphatic rings. The van der Waals surface area contributed by atoms with Gasteiger partial charge in [0.25, 0.3) is 0 Å². The molecule has 1 aliphatic carbocycles. The molecule has 0 aliphatic heterocycles. The molecule has 25 heavy (non-hydrogen) atoms. The summed E-state index contributed by atoms with van der Waals surface area (Å²) in [5.41, 5.74) is 0.125. The van der Waals surface area contributed by atoms with Crippen LogP contribution in [0.2, 0.25) is 0 Å². The van der Waals surface area contributed by atoms with Crippen molar-refractivity contribution in [2.24, 2.45) is 11.8 Å². The van der Waals surface area contributed by atoms with Gasteiger partial charge in [-0.25, -0.2) is 13.2 Å². The molecule has 1 saturated carbocycles. The highest BCUT2D eigenvalue weighted by atomic mass is 19.2. The highest BCUT2D eigenvalue weighted by Crippen LogP contribution is 2.50. The molecule has 3 nitrogen and oxygen atoms in total. The molecule has 3 atom stereocenters. The minimum Gasteiger partial charge on any atom is -0.297 e. The summed E-state index contributed by atoms with van der Waals surface area (Å²) in [6.45, 7) is 0. The van der Waals surface area contributed by atoms with Gasteiger partial charge >= 0.3 is 0 Å². The van der Waals surface area contributed by atoms with Crippen molar-refractivity contribution in [3.05, 3.63) is 71.0 Å². The Balaban J connectivity index is 1.79. The van der Waals surface area contributed by atoms with Crippen molar-refractivity contribution in [3.63, 3.8) is 0 Å². The molecule has 2 aromatic rings. The molecular weight excluding hydrogens is 331 g/mol. The summed E-state index contributed by atoms with van der Waals surface area (Å²) in [6.07, 6.45) is 0.350. The van der Waals surface area contributed by atoms with Crippen LogP contribution in [0.5, 0.6) is 0 Å². The molecule has 0 bridgehead atoms. The Morgan fingerprint density at radius 3 is 2.40 bits per heavy atom. The van der Waals surface area contributed by atoms with E-state index in [1.165, 1.54) is 12.1 Å². The zero-order valence-corrected chi connectivity index (χ0v) is 12.9. The molecule has 3 rings (SSSR count). The average Bonchev–Trinajstić information content (AvgIpc) is 3.38. The summed E-state index contributed by atoms with van der Waals surface area (Å²) >= 11 is 0. The maximum atomic E-state index is 13.8. The van der Waals surface area contributed by atoms with Crippen LogP contribution in [0.3, 0.4) is 0 Å². The van der Waals surface area contributed by atoms with Gasteiger partial charge in [-0.2, -0.15) is 5.26 Å². The third-order valence-corrected chi connectivity index (χ3v) is 4.34. The van der Waals surface area contributed by atoms with E-state index in [1.807, 2.05) is 0 Å². The first-order chi connectivity index (χ1) is 11.9. The Bertz CT molecular complexity index is 904. The quantitative estimate of drug-likeness (QED) is 0.613. The number of rotatable bonds is 5. The molecule has 0 heterocycles. The van der Waals surface area contributed by atoms with Crippen LogP contribution < -0.4 is 0 Å². The molecule has 1 fully saturated rings. The topological polar surface area (TPSA) is 57.9 Å². The van der Waals surface area contributed by atoms with Gasteiger partial charge in [-0.1, -0.05) is 18.2 Å². The lowest BCUT2D eigenvalue weighted by atomic mass is 9.91. The van der Waals surface area contributed by atoms with Crippen molar-refractivity contribution in [2.45, 2.75) is 12.3 Å². The molecule has 0 aromatic heterocycles. The Labute approximate surface area is 141 Å². The lowest BCUT2D eigenvalue weighted by molar-refractivity contribution is -0.121. The van der Waals surface area contributed by atoms with E-state index >= 15 is 0 Å². The fourth-order valence-corrected chi connectivity index (χ4v) is 2.91. The van der Waals surface area contributed by atoms with Gasteiger partial charge < -0.3 is 0 Å². The van der Waals surface area contributed by atoms with Crippen LogP contribution in [0.15, 0.2) is 42.5 Å². The Morgan fingerprint density at radius 1 is 1.04 bits per heavy atom. The second-order valence-electron chi connectivity index (χ2n) is 5.93. The van der Waals surface area contributed by atoms with Crippen LogP contribution in [0.1, 0.15) is 28.3 Å². The molecule has 126 valence electrons. The first-order valence-electron chi connectivity index (χ1n) is 7.61. The predicted molar refractivity (Wildman–Crippen MR) is 82.0 cm³/mol. The van der Waals surface area contributed by atoms with Gasteiger partial charge in [0.1, 0.15) is 5.82 Å². The van der Waals surface area contributed by atoms with Crippen LogP contribution in [0, 0.1) is 40.6 Å². The van der Waals surface area contributed by atoms with Gasteiger partial charge in [0, 0.05) is 11.5 Å². The third-order valence-electron chi connectivity index (χ3n) is 4.34. The Kier molecular flexibility index (Phi) is 4.41. The number of hydrogen-bond donors (Lipinski definition) is 0. The van der Waals surface area contributed by atoms with E-state index in [0.717, 1.165) is 12.1 Å². The normalized spacial score (nSPS) is 19.8. The first-order valence-corrected chi connectivity index (χ1v) is 7.61. The number of benzene rings is 2. The van der Waals surface area contributed by atoms with E-state index in [4.69, 9.17) is 0 Å². The minimum absolute atomic E-state index is 0.248. The van der Waals surface area contributed by atoms with Crippen molar-refractivity contribution in [1.29, 1.82) is 5.26 Å². The molecular formula is C19H12F3NO2. The molecule has 0 unspecified atom stereocenters. The number of hydrogen-bond acceptors (Lipinski definition) is 3. The standard InChI is InChI=1S/C19H12F3NO2/c20-15-4-2-1-3-11(15)12-8-13(12)19(25)14(9-23)18(24)10-5-6-16(21)17(22)7-10/h1-7,12-14H,8H2/t12-,13-,14-/m1/s1. The van der Waals surface area contributed by atoms with Crippen LogP contribution >= 0.6 is 0 Å². The third kappa shape index (κ3) is 3.18. The fraction of sp³-hybridized carbons (Fsp3) is 0.211. The highest BCUT2D eigenvalue weighted by Gasteiger charge is 2.48. The van der Waals surface area contributed by atoms with Crippen molar-refractivity contribution in [2.75, 3.05) is 0 Å². The molecule has 0 radical (unpaired) electrons. The lowest BCUT2D eigenvalue weighted by Gasteiger charge is -2.08. The van der Waals surface area contributed by atoms with Gasteiger partial charge in [-0.05, 0) is 42.2 Å². The molecule has 0 N–H and O–H groups in total. The fourth-order valence-electron chi connectivity index (χ4n) is 2.91. The zero-order chi connectivity index (χ0) is 18.1. The SMILES string of the molecule is N#C[C@H](C(=O)c1ccc(F)c(F)c1)C(=O)[C@@H]1C[C@@H]1c1ccccc1F. The van der Waals surface area contributed by atoms with Gasteiger partial charge in [0.2, 0.25) is 0 Å². The van der Waals surface area contributed by atoms with Gasteiger partial charge in [-0.3, -0.25) is 9.59 Å². The zero-order valence-electron chi connectivity index (χ0n) is 12.9. The smallest absolute Gasteiger partial charge is 0.187 e. The number of Topliss-reactive ketones (excluding diaryl/α,β-unsaturated/α-hetero) is 2. The summed E-state index contributed by atoms with van der Waals surface area (Å²) in [4.78, 5) is 24.8. The number of carbonyl (C=O) groups is 2. The number of carbonyl (C=O) groups excluding carboxylic acids is 2. The van der Waals surface area contributed by atoms with Gasteiger partial charge in [0.15, 0.2) is 29.1 Å². The summed E-state index contributed by atoms with van der Waals surface area (Å²) in [5.74, 6) is -6.92. The van der Waals surface area contributed by atoms with Crippen molar-refractivity contribution >= 4 is 11.6 Å². The number of halogens is 3. The van der Waals surface area contributed by atoms with Crippen LogP contribution in [0.4, 0.5) is 13.2 Å². The van der Waals surface area contributed by atoms with Gasteiger partial charge in [0.05, 0.1) is 6.07 Å². The summed E-state index contributed by atoms with van der Waals surface area (Å²) in [6, 6.07) is 10.1. The minimum atomic E-state index is -1.62. The Morgan fingerprint density at radius 2 is 1.76 bits per heavy atom.